The summed E-state index contributed by atoms with van der Waals surface area (Å²) in [6.07, 6.45) is 0.480. The highest BCUT2D eigenvalue weighted by Crippen LogP contribution is 2.31. The lowest BCUT2D eigenvalue weighted by Crippen LogP contribution is -2.45. The van der Waals surface area contributed by atoms with E-state index in [9.17, 15) is 9.90 Å². The Kier molecular flexibility index (Phi) is 7.42. The third-order valence-corrected chi connectivity index (χ3v) is 6.02. The number of aliphatic hydroxyl groups is 1. The topological polar surface area (TPSA) is 103 Å². The molecule has 9 heteroatoms. The van der Waals surface area contributed by atoms with Crippen molar-refractivity contribution in [1.82, 2.24) is 20.2 Å². The summed E-state index contributed by atoms with van der Waals surface area (Å²) < 4.78 is 5.65. The quantitative estimate of drug-likeness (QED) is 0.615. The van der Waals surface area contributed by atoms with Crippen LogP contribution in [0.4, 0.5) is 16.3 Å². The number of hydrogen-bond donors (Lipinski definition) is 3. The first kappa shape index (κ1) is 23.4. The number of anilines is 2. The first-order valence-electron chi connectivity index (χ1n) is 11.7. The highest BCUT2D eigenvalue weighted by Gasteiger charge is 2.29. The van der Waals surface area contributed by atoms with Crippen LogP contribution in [0.1, 0.15) is 32.0 Å². The molecule has 2 aliphatic rings. The minimum absolute atomic E-state index is 0.225. The van der Waals surface area contributed by atoms with E-state index in [4.69, 9.17) is 14.7 Å². The summed E-state index contributed by atoms with van der Waals surface area (Å²) in [7, 11) is 0. The molecule has 0 spiro atoms. The number of fused-ring (bicyclic) bond motifs is 1. The standard InChI is InChI=1S/C24H34N6O3/c1-4-25-24(32)26-19-7-5-18(6-8-19)22-27-21-14-29(13-17(3)31)10-9-20(21)23(28-22)30-11-12-33-15-16(30)2/h5-8,16-17,31H,4,9-15H2,1-3H3,(H2,25,26,32). The van der Waals surface area contributed by atoms with Crippen LogP contribution >= 0.6 is 0 Å². The van der Waals surface area contributed by atoms with Gasteiger partial charge in [-0.1, -0.05) is 0 Å². The fraction of sp³-hybridized carbons (Fsp3) is 0.542. The molecule has 178 valence electrons. The summed E-state index contributed by atoms with van der Waals surface area (Å²) in [5.74, 6) is 1.66. The van der Waals surface area contributed by atoms with Crippen LogP contribution in [0.2, 0.25) is 0 Å². The number of nitrogens with zero attached hydrogens (tertiary/aromatic N) is 4. The average Bonchev–Trinajstić information content (AvgIpc) is 2.79. The van der Waals surface area contributed by atoms with Crippen molar-refractivity contribution >= 4 is 17.5 Å². The van der Waals surface area contributed by atoms with E-state index in [2.05, 4.69) is 27.4 Å². The van der Waals surface area contributed by atoms with E-state index in [1.54, 1.807) is 0 Å². The molecule has 0 aliphatic carbocycles. The maximum absolute atomic E-state index is 11.8. The van der Waals surface area contributed by atoms with Crippen molar-refractivity contribution in [3.63, 3.8) is 0 Å². The predicted octanol–water partition coefficient (Wildman–Crippen LogP) is 2.25. The Bertz CT molecular complexity index is 965. The van der Waals surface area contributed by atoms with Gasteiger partial charge in [-0.2, -0.15) is 0 Å². The number of nitrogens with one attached hydrogen (secondary N) is 2. The van der Waals surface area contributed by atoms with E-state index in [0.29, 0.717) is 44.4 Å². The van der Waals surface area contributed by atoms with Crippen molar-refractivity contribution < 1.29 is 14.6 Å². The number of carbonyl (C=O) groups excluding carboxylic acids is 1. The van der Waals surface area contributed by atoms with Crippen LogP contribution in [-0.4, -0.2) is 77.5 Å². The smallest absolute Gasteiger partial charge is 0.319 e. The van der Waals surface area contributed by atoms with Gasteiger partial charge in [0.15, 0.2) is 5.82 Å². The lowest BCUT2D eigenvalue weighted by atomic mass is 10.0. The monoisotopic (exact) mass is 454 g/mol. The fourth-order valence-electron chi connectivity index (χ4n) is 4.44. The maximum atomic E-state index is 11.8. The normalized spacial score (nSPS) is 19.6. The zero-order chi connectivity index (χ0) is 23.4. The van der Waals surface area contributed by atoms with Crippen LogP contribution in [0.3, 0.4) is 0 Å². The highest BCUT2D eigenvalue weighted by atomic mass is 16.5. The largest absolute Gasteiger partial charge is 0.392 e. The van der Waals surface area contributed by atoms with Crippen molar-refractivity contribution in [2.45, 2.75) is 45.9 Å². The Morgan fingerprint density at radius 3 is 2.76 bits per heavy atom. The van der Waals surface area contributed by atoms with Gasteiger partial charge in [0, 0.05) is 49.5 Å². The summed E-state index contributed by atoms with van der Waals surface area (Å²) in [5, 5.41) is 15.4. The zero-order valence-corrected chi connectivity index (χ0v) is 19.7. The molecule has 1 saturated heterocycles. The molecule has 2 unspecified atom stereocenters. The molecule has 9 nitrogen and oxygen atoms in total. The molecular weight excluding hydrogens is 420 g/mol. The van der Waals surface area contributed by atoms with E-state index in [-0.39, 0.29) is 18.2 Å². The van der Waals surface area contributed by atoms with Crippen molar-refractivity contribution in [2.24, 2.45) is 0 Å². The number of β-amino-alcohol motifs (C(OH)–C–C–N with tert-alkyl or cyclic N) is 1. The van der Waals surface area contributed by atoms with Gasteiger partial charge in [-0.3, -0.25) is 4.90 Å². The molecule has 0 radical (unpaired) electrons. The SMILES string of the molecule is CCNC(=O)Nc1ccc(-c2nc3c(c(N4CCOCC4C)n2)CCN(CC(C)O)C3)cc1. The number of morpholine rings is 1. The molecule has 0 bridgehead atoms. The average molecular weight is 455 g/mol. The zero-order valence-electron chi connectivity index (χ0n) is 19.7. The van der Waals surface area contributed by atoms with Gasteiger partial charge in [0.25, 0.3) is 0 Å². The van der Waals surface area contributed by atoms with Gasteiger partial charge < -0.3 is 25.4 Å². The number of rotatable bonds is 6. The number of urea groups is 1. The summed E-state index contributed by atoms with van der Waals surface area (Å²) in [6.45, 7) is 10.8. The molecule has 3 heterocycles. The second-order valence-corrected chi connectivity index (χ2v) is 8.81. The first-order valence-corrected chi connectivity index (χ1v) is 11.7. The van der Waals surface area contributed by atoms with Gasteiger partial charge in [0.1, 0.15) is 5.82 Å². The molecule has 2 atom stereocenters. The van der Waals surface area contributed by atoms with Crippen molar-refractivity contribution in [2.75, 3.05) is 49.6 Å². The van der Waals surface area contributed by atoms with E-state index < -0.39 is 0 Å². The molecule has 2 aromatic rings. The third-order valence-electron chi connectivity index (χ3n) is 6.02. The number of hydrogen-bond acceptors (Lipinski definition) is 7. The number of aliphatic hydroxyl groups excluding tert-OH is 1. The van der Waals surface area contributed by atoms with Crippen LogP contribution in [-0.2, 0) is 17.7 Å². The number of aromatic nitrogens is 2. The van der Waals surface area contributed by atoms with Crippen molar-refractivity contribution in [1.29, 1.82) is 0 Å². The van der Waals surface area contributed by atoms with Gasteiger partial charge >= 0.3 is 6.03 Å². The molecule has 1 fully saturated rings. The van der Waals surface area contributed by atoms with E-state index >= 15 is 0 Å². The molecule has 2 aliphatic heterocycles. The molecule has 33 heavy (non-hydrogen) atoms. The lowest BCUT2D eigenvalue weighted by molar-refractivity contribution is 0.0980. The Labute approximate surface area is 195 Å². The van der Waals surface area contributed by atoms with Gasteiger partial charge in [-0.25, -0.2) is 14.8 Å². The fourth-order valence-corrected chi connectivity index (χ4v) is 4.44. The Balaban J connectivity index is 1.66. The number of carbonyl (C=O) groups is 1. The number of benzene rings is 1. The molecule has 4 rings (SSSR count). The number of amides is 2. The summed E-state index contributed by atoms with van der Waals surface area (Å²) in [6, 6.07) is 7.62. The minimum atomic E-state index is -0.378. The molecule has 1 aromatic carbocycles. The van der Waals surface area contributed by atoms with Gasteiger partial charge in [-0.15, -0.1) is 0 Å². The summed E-state index contributed by atoms with van der Waals surface area (Å²) in [4.78, 5) is 26.4. The Hall–Kier alpha value is -2.75. The minimum Gasteiger partial charge on any atom is -0.392 e. The third kappa shape index (κ3) is 5.61. The lowest BCUT2D eigenvalue weighted by Gasteiger charge is -2.38. The Morgan fingerprint density at radius 2 is 2.06 bits per heavy atom. The predicted molar refractivity (Wildman–Crippen MR) is 128 cm³/mol. The maximum Gasteiger partial charge on any atom is 0.319 e. The molecule has 2 amide bonds. The van der Waals surface area contributed by atoms with E-state index in [1.165, 1.54) is 5.56 Å². The van der Waals surface area contributed by atoms with Gasteiger partial charge in [0.05, 0.1) is 31.1 Å². The number of ether oxygens (including phenoxy) is 1. The molecule has 0 saturated carbocycles. The van der Waals surface area contributed by atoms with Crippen molar-refractivity contribution in [3.05, 3.63) is 35.5 Å². The molecular formula is C24H34N6O3. The molecule has 1 aromatic heterocycles. The second kappa shape index (κ2) is 10.5. The first-order chi connectivity index (χ1) is 15.9. The summed E-state index contributed by atoms with van der Waals surface area (Å²) in [5.41, 5.74) is 3.83. The van der Waals surface area contributed by atoms with Crippen LogP contribution in [0, 0.1) is 0 Å². The highest BCUT2D eigenvalue weighted by molar-refractivity contribution is 5.89. The summed E-state index contributed by atoms with van der Waals surface area (Å²) >= 11 is 0. The van der Waals surface area contributed by atoms with Gasteiger partial charge in [-0.05, 0) is 51.5 Å². The van der Waals surface area contributed by atoms with Crippen LogP contribution in [0.5, 0.6) is 0 Å². The van der Waals surface area contributed by atoms with E-state index in [1.807, 2.05) is 38.1 Å². The Morgan fingerprint density at radius 1 is 1.27 bits per heavy atom. The van der Waals surface area contributed by atoms with Crippen molar-refractivity contribution in [3.8, 4) is 11.4 Å². The second-order valence-electron chi connectivity index (χ2n) is 8.81. The van der Waals surface area contributed by atoms with E-state index in [0.717, 1.165) is 36.6 Å². The van der Waals surface area contributed by atoms with Gasteiger partial charge in [0.2, 0.25) is 0 Å². The molecule has 3 N–H and O–H groups in total. The van der Waals surface area contributed by atoms with Crippen LogP contribution < -0.4 is 15.5 Å². The van der Waals surface area contributed by atoms with Crippen LogP contribution in [0.25, 0.3) is 11.4 Å². The van der Waals surface area contributed by atoms with Crippen LogP contribution in [0.15, 0.2) is 24.3 Å².